The molecule has 2 N–H and O–H groups in total. The molecular weight excluding hydrogens is 717 g/mol. The number of hydrogen-bond donors (Lipinski definition) is 1. The van der Waals surface area contributed by atoms with Crippen LogP contribution < -0.4 is 20.1 Å². The van der Waals surface area contributed by atoms with Crippen LogP contribution in [0.5, 0.6) is 11.8 Å². The molecule has 4 aliphatic rings. The van der Waals surface area contributed by atoms with Gasteiger partial charge in [0.05, 0.1) is 32.8 Å². The highest BCUT2D eigenvalue weighted by molar-refractivity contribution is 7.23. The molecule has 0 spiro atoms. The Kier molecular flexibility index (Phi) is 8.50. The molecule has 0 saturated carbocycles. The number of carbonyl (C=O) groups excluding carboxylic acids is 1. The number of hydrogen-bond acceptors (Lipinski definition) is 10. The number of nitrogens with two attached hydrogens (primary N) is 1. The number of anilines is 2. The number of nitrogens with zero attached hydrogens (tertiary/aromatic N) is 6. The molecule has 10 nitrogen and oxygen atoms in total. The number of fused-ring (bicyclic) bond motifs is 4. The highest BCUT2D eigenvalue weighted by Crippen LogP contribution is 2.51. The quantitative estimate of drug-likeness (QED) is 0.234. The summed E-state index contributed by atoms with van der Waals surface area (Å²) in [6, 6.07) is 3.89. The number of rotatable bonds is 5. The third kappa shape index (κ3) is 5.46. The van der Waals surface area contributed by atoms with E-state index in [4.69, 9.17) is 31.8 Å². The van der Waals surface area contributed by atoms with E-state index in [1.807, 2.05) is 11.0 Å². The standard InChI is InChI=1S/C34H31ClF5N7O3S/c35-24-22(18-2-3-20(37)28-21(18)19(13-41)30(42)51-28)25(38)26-23-27(24)49-11-5-17-4-8-45(32(48)29(39)40)9-10-47(17)31(23)44-33(43-26)50-15-34-6-1-7-46(34)14-16(36)12-34/h2-3,16-17,29H,1,4-12,14-15,42H2/t16-,17?,34+/m1/s1. The van der Waals surface area contributed by atoms with Gasteiger partial charge in [-0.15, -0.1) is 11.3 Å². The van der Waals surface area contributed by atoms with Crippen molar-refractivity contribution in [1.82, 2.24) is 19.8 Å². The highest BCUT2D eigenvalue weighted by Gasteiger charge is 2.49. The van der Waals surface area contributed by atoms with Gasteiger partial charge >= 0.3 is 12.4 Å². The van der Waals surface area contributed by atoms with Gasteiger partial charge in [0.2, 0.25) is 0 Å². The summed E-state index contributed by atoms with van der Waals surface area (Å²) in [5.41, 5.74) is 5.12. The maximum Gasteiger partial charge on any atom is 0.319 e. The Morgan fingerprint density at radius 1 is 1.20 bits per heavy atom. The van der Waals surface area contributed by atoms with Crippen LogP contribution in [0.1, 0.15) is 37.7 Å². The van der Waals surface area contributed by atoms with E-state index in [2.05, 4.69) is 9.88 Å². The molecule has 6 heterocycles. The number of nitrogen functional groups attached to an aromatic ring is 1. The first kappa shape index (κ1) is 33.9. The lowest BCUT2D eigenvalue weighted by Gasteiger charge is -2.34. The fourth-order valence-corrected chi connectivity index (χ4v) is 9.54. The van der Waals surface area contributed by atoms with Crippen molar-refractivity contribution in [3.63, 3.8) is 0 Å². The lowest BCUT2D eigenvalue weighted by atomic mass is 9.95. The fraction of sp³-hybridized carbons (Fsp3) is 0.471. The first-order chi connectivity index (χ1) is 24.5. The second-order valence-electron chi connectivity index (χ2n) is 13.4. The number of amides is 1. The van der Waals surface area contributed by atoms with Gasteiger partial charge in [-0.2, -0.15) is 24.0 Å². The molecule has 4 aliphatic heterocycles. The van der Waals surface area contributed by atoms with E-state index in [1.54, 1.807) is 0 Å². The summed E-state index contributed by atoms with van der Waals surface area (Å²) in [4.78, 5) is 26.6. The summed E-state index contributed by atoms with van der Waals surface area (Å²) in [5, 5.41) is 10.0. The molecule has 0 radical (unpaired) electrons. The molecule has 4 aromatic rings. The van der Waals surface area contributed by atoms with E-state index in [1.165, 1.54) is 6.07 Å². The number of alkyl halides is 3. The lowest BCUT2D eigenvalue weighted by molar-refractivity contribution is -0.142. The van der Waals surface area contributed by atoms with Crippen LogP contribution >= 0.6 is 22.9 Å². The maximum atomic E-state index is 17.3. The van der Waals surface area contributed by atoms with Crippen molar-refractivity contribution < 1.29 is 36.2 Å². The van der Waals surface area contributed by atoms with Crippen molar-refractivity contribution in [2.75, 3.05) is 56.6 Å². The molecule has 17 heteroatoms. The van der Waals surface area contributed by atoms with Gasteiger partial charge in [0.25, 0.3) is 5.91 Å². The third-order valence-corrected chi connectivity index (χ3v) is 12.0. The smallest absolute Gasteiger partial charge is 0.319 e. The number of halogens is 6. The van der Waals surface area contributed by atoms with Crippen LogP contribution in [0.4, 0.5) is 32.8 Å². The molecule has 3 saturated heterocycles. The van der Waals surface area contributed by atoms with Crippen molar-refractivity contribution in [2.45, 2.75) is 56.3 Å². The van der Waals surface area contributed by atoms with Gasteiger partial charge < -0.3 is 25.0 Å². The summed E-state index contributed by atoms with van der Waals surface area (Å²) in [6.45, 7) is 1.23. The largest absolute Gasteiger partial charge is 0.491 e. The van der Waals surface area contributed by atoms with Gasteiger partial charge in [-0.25, -0.2) is 13.2 Å². The average Bonchev–Trinajstić information content (AvgIpc) is 3.69. The van der Waals surface area contributed by atoms with Crippen LogP contribution in [0.3, 0.4) is 0 Å². The van der Waals surface area contributed by atoms with E-state index in [0.717, 1.165) is 35.3 Å². The predicted molar refractivity (Wildman–Crippen MR) is 181 cm³/mol. The Morgan fingerprint density at radius 2 is 2.02 bits per heavy atom. The van der Waals surface area contributed by atoms with E-state index >= 15 is 8.78 Å². The topological polar surface area (TPSA) is 121 Å². The molecule has 51 heavy (non-hydrogen) atoms. The molecule has 1 amide bonds. The van der Waals surface area contributed by atoms with Gasteiger partial charge in [-0.3, -0.25) is 9.69 Å². The van der Waals surface area contributed by atoms with Gasteiger partial charge in [-0.1, -0.05) is 17.7 Å². The van der Waals surface area contributed by atoms with E-state index < -0.39 is 35.7 Å². The second kappa shape index (κ2) is 12.8. The number of benzene rings is 2. The van der Waals surface area contributed by atoms with Crippen LogP contribution in [0, 0.1) is 23.0 Å². The van der Waals surface area contributed by atoms with Gasteiger partial charge in [0.1, 0.15) is 41.0 Å². The molecule has 3 fully saturated rings. The second-order valence-corrected chi connectivity index (χ2v) is 14.8. The zero-order chi connectivity index (χ0) is 35.8. The zero-order valence-corrected chi connectivity index (χ0v) is 28.6. The zero-order valence-electron chi connectivity index (χ0n) is 27.0. The normalized spacial score (nSPS) is 23.5. The Labute approximate surface area is 297 Å². The number of ether oxygens (including phenoxy) is 2. The van der Waals surface area contributed by atoms with Crippen LogP contribution in [0.25, 0.3) is 32.1 Å². The lowest BCUT2D eigenvalue weighted by Crippen LogP contribution is -2.43. The predicted octanol–water partition coefficient (Wildman–Crippen LogP) is 6.31. The fourth-order valence-electron chi connectivity index (χ4n) is 8.25. The average molecular weight is 748 g/mol. The highest BCUT2D eigenvalue weighted by atomic mass is 35.5. The van der Waals surface area contributed by atoms with Crippen LogP contribution in [-0.4, -0.2) is 95.8 Å². The number of aromatic nitrogens is 2. The van der Waals surface area contributed by atoms with Crippen molar-refractivity contribution in [1.29, 1.82) is 5.26 Å². The van der Waals surface area contributed by atoms with Crippen LogP contribution in [0.15, 0.2) is 12.1 Å². The molecule has 0 bridgehead atoms. The van der Waals surface area contributed by atoms with Crippen LogP contribution in [-0.2, 0) is 4.79 Å². The summed E-state index contributed by atoms with van der Waals surface area (Å²) < 4.78 is 86.3. The number of thiophene rings is 1. The minimum Gasteiger partial charge on any atom is -0.491 e. The Hall–Kier alpha value is -4.20. The molecule has 268 valence electrons. The van der Waals surface area contributed by atoms with Crippen molar-refractivity contribution in [3.05, 3.63) is 34.4 Å². The van der Waals surface area contributed by atoms with E-state index in [9.17, 15) is 23.2 Å². The summed E-state index contributed by atoms with van der Waals surface area (Å²) in [7, 11) is 0. The first-order valence-corrected chi connectivity index (χ1v) is 17.8. The van der Waals surface area contributed by atoms with Crippen molar-refractivity contribution >= 4 is 60.7 Å². The molecule has 0 aliphatic carbocycles. The maximum absolute atomic E-state index is 17.3. The summed E-state index contributed by atoms with van der Waals surface area (Å²) >= 11 is 7.87. The minimum atomic E-state index is -3.17. The Morgan fingerprint density at radius 3 is 2.80 bits per heavy atom. The summed E-state index contributed by atoms with van der Waals surface area (Å²) in [6.07, 6.45) is -1.68. The Balaban J connectivity index is 1.33. The van der Waals surface area contributed by atoms with E-state index in [-0.39, 0.29) is 117 Å². The monoisotopic (exact) mass is 747 g/mol. The van der Waals surface area contributed by atoms with E-state index in [0.29, 0.717) is 19.3 Å². The molecular formula is C34H31ClF5N7O3S. The van der Waals surface area contributed by atoms with Gasteiger partial charge in [0, 0.05) is 56.0 Å². The molecule has 2 aromatic heterocycles. The SMILES string of the molecule is N#Cc1c(N)sc2c(F)ccc(-c3c(Cl)c4c5c(nc(OC[C@@]67CCCN6C[C@H](F)C7)nc5c3F)N3CCN(C(=O)C(F)F)CCC3CCO4)c12. The first-order valence-electron chi connectivity index (χ1n) is 16.6. The molecule has 1 unspecified atom stereocenters. The van der Waals surface area contributed by atoms with Crippen molar-refractivity contribution in [2.24, 2.45) is 0 Å². The molecule has 2 aromatic carbocycles. The third-order valence-electron chi connectivity index (χ3n) is 10.6. The number of carbonyl (C=O) groups is 1. The minimum absolute atomic E-state index is 0.0311. The summed E-state index contributed by atoms with van der Waals surface area (Å²) in [5.74, 6) is -2.65. The number of nitriles is 1. The van der Waals surface area contributed by atoms with Crippen LogP contribution in [0.2, 0.25) is 5.02 Å². The van der Waals surface area contributed by atoms with Crippen molar-refractivity contribution in [3.8, 4) is 29.0 Å². The van der Waals surface area contributed by atoms with Gasteiger partial charge in [0.15, 0.2) is 11.6 Å². The van der Waals surface area contributed by atoms with Gasteiger partial charge in [-0.05, 0) is 37.4 Å². The molecule has 8 rings (SSSR count). The molecule has 3 atom stereocenters. The Bertz CT molecular complexity index is 2130.